The number of rotatable bonds is 6. The summed E-state index contributed by atoms with van der Waals surface area (Å²) in [4.78, 5) is 26.7. The van der Waals surface area contributed by atoms with E-state index in [1.165, 1.54) is 22.9 Å². The Morgan fingerprint density at radius 3 is 2.59 bits per heavy atom. The van der Waals surface area contributed by atoms with E-state index in [0.29, 0.717) is 41.8 Å². The van der Waals surface area contributed by atoms with E-state index in [0.717, 1.165) is 4.88 Å². The van der Waals surface area contributed by atoms with Gasteiger partial charge in [0.25, 0.3) is 5.91 Å². The van der Waals surface area contributed by atoms with E-state index in [-0.39, 0.29) is 5.69 Å². The normalized spacial score (nSPS) is 13.2. The molecule has 0 radical (unpaired) electrons. The number of carbonyl (C=O) groups excluding carboxylic acids is 2. The third-order valence-corrected chi connectivity index (χ3v) is 6.05. The maximum absolute atomic E-state index is 13.1. The molecule has 172 valence electrons. The smallest absolute Gasteiger partial charge is 0.357 e. The van der Waals surface area contributed by atoms with Crippen molar-refractivity contribution >= 4 is 28.9 Å². The Labute approximate surface area is 199 Å². The predicted molar refractivity (Wildman–Crippen MR) is 128 cm³/mol. The Bertz CT molecular complexity index is 1320. The van der Waals surface area contributed by atoms with Crippen LogP contribution >= 0.6 is 11.3 Å². The molecular weight excluding hydrogens is 454 g/mol. The predicted octanol–water partition coefficient (Wildman–Crippen LogP) is 4.56. The van der Waals surface area contributed by atoms with Crippen LogP contribution in [0.3, 0.4) is 0 Å². The number of thiophene rings is 1. The Morgan fingerprint density at radius 1 is 1.03 bits per heavy atom. The Balaban J connectivity index is 1.33. The van der Waals surface area contributed by atoms with Crippen LogP contribution in [-0.4, -0.2) is 41.0 Å². The van der Waals surface area contributed by atoms with Gasteiger partial charge in [-0.15, -0.1) is 11.3 Å². The fourth-order valence-electron chi connectivity index (χ4n) is 3.48. The van der Waals surface area contributed by atoms with Crippen LogP contribution in [-0.2, 0) is 9.53 Å². The molecule has 0 fully saturated rings. The number of nitrogens with one attached hydrogen (secondary N) is 1. The number of aromatic nitrogens is 2. The van der Waals surface area contributed by atoms with Crippen molar-refractivity contribution in [3.63, 3.8) is 0 Å². The van der Waals surface area contributed by atoms with E-state index >= 15 is 0 Å². The second-order valence-electron chi connectivity index (χ2n) is 7.53. The molecule has 34 heavy (non-hydrogen) atoms. The molecule has 0 saturated heterocycles. The van der Waals surface area contributed by atoms with Gasteiger partial charge >= 0.3 is 5.97 Å². The van der Waals surface area contributed by atoms with Crippen LogP contribution < -0.4 is 14.8 Å². The van der Waals surface area contributed by atoms with Crippen molar-refractivity contribution in [2.24, 2.45) is 0 Å². The second kappa shape index (κ2) is 9.40. The molecule has 8 nitrogen and oxygen atoms in total. The molecule has 0 saturated carbocycles. The Morgan fingerprint density at radius 2 is 1.82 bits per heavy atom. The van der Waals surface area contributed by atoms with Crippen LogP contribution in [0.5, 0.6) is 11.5 Å². The SMILES string of the molecule is C[C@H](OC(=O)c1cc(-c2cccs2)nn1-c1ccccc1)C(=O)Nc1ccc2c(c1)OCCO2. The summed E-state index contributed by atoms with van der Waals surface area (Å²) in [7, 11) is 0. The fourth-order valence-corrected chi connectivity index (χ4v) is 4.16. The summed E-state index contributed by atoms with van der Waals surface area (Å²) in [5.74, 6) is 0.0688. The van der Waals surface area contributed by atoms with Gasteiger partial charge in [0.15, 0.2) is 23.3 Å². The number of para-hydroxylation sites is 1. The number of ether oxygens (including phenoxy) is 3. The topological polar surface area (TPSA) is 91.7 Å². The first-order valence-corrected chi connectivity index (χ1v) is 11.6. The summed E-state index contributed by atoms with van der Waals surface area (Å²) < 4.78 is 18.1. The van der Waals surface area contributed by atoms with Crippen molar-refractivity contribution in [3.8, 4) is 27.8 Å². The van der Waals surface area contributed by atoms with Gasteiger partial charge in [-0.25, -0.2) is 9.48 Å². The van der Waals surface area contributed by atoms with Gasteiger partial charge in [0.05, 0.1) is 10.6 Å². The van der Waals surface area contributed by atoms with E-state index in [1.807, 2.05) is 47.8 Å². The minimum atomic E-state index is -1.04. The van der Waals surface area contributed by atoms with Crippen molar-refractivity contribution in [1.82, 2.24) is 9.78 Å². The lowest BCUT2D eigenvalue weighted by atomic mass is 10.2. The molecule has 1 N–H and O–H groups in total. The van der Waals surface area contributed by atoms with Crippen LogP contribution in [0.4, 0.5) is 5.69 Å². The van der Waals surface area contributed by atoms with Crippen LogP contribution in [0.1, 0.15) is 17.4 Å². The molecule has 1 aliphatic heterocycles. The fraction of sp³-hybridized carbons (Fsp3) is 0.160. The standard InChI is InChI=1S/C25H21N3O5S/c1-16(24(29)26-17-9-10-21-22(14-17)32-12-11-31-21)33-25(30)20-15-19(23-8-5-13-34-23)27-28(20)18-6-3-2-4-7-18/h2-10,13-16H,11-12H2,1H3,(H,26,29)/t16-/m0/s1. The quantitative estimate of drug-likeness (QED) is 0.411. The summed E-state index contributed by atoms with van der Waals surface area (Å²) in [5, 5.41) is 9.30. The van der Waals surface area contributed by atoms with Gasteiger partial charge in [0.1, 0.15) is 18.9 Å². The summed E-state index contributed by atoms with van der Waals surface area (Å²) in [6, 6.07) is 19.9. The molecule has 2 aromatic carbocycles. The number of amides is 1. The zero-order valence-corrected chi connectivity index (χ0v) is 19.1. The average molecular weight is 476 g/mol. The molecule has 4 aromatic rings. The van der Waals surface area contributed by atoms with Crippen LogP contribution in [0.25, 0.3) is 16.3 Å². The van der Waals surface area contributed by atoms with Gasteiger partial charge < -0.3 is 19.5 Å². The number of benzene rings is 2. The van der Waals surface area contributed by atoms with Crippen LogP contribution in [0.15, 0.2) is 72.1 Å². The largest absolute Gasteiger partial charge is 0.486 e. The summed E-state index contributed by atoms with van der Waals surface area (Å²) in [6.45, 7) is 2.45. The molecule has 1 atom stereocenters. The molecular formula is C25H21N3O5S. The van der Waals surface area contributed by atoms with Gasteiger partial charge in [0, 0.05) is 17.8 Å². The first kappa shape index (κ1) is 21.7. The summed E-state index contributed by atoms with van der Waals surface area (Å²) in [5.41, 5.74) is 2.12. The van der Waals surface area contributed by atoms with Gasteiger partial charge in [-0.1, -0.05) is 24.3 Å². The van der Waals surface area contributed by atoms with Crippen molar-refractivity contribution < 1.29 is 23.8 Å². The zero-order valence-electron chi connectivity index (χ0n) is 18.3. The summed E-state index contributed by atoms with van der Waals surface area (Å²) in [6.07, 6.45) is -1.04. The number of esters is 1. The number of anilines is 1. The van der Waals surface area contributed by atoms with Gasteiger partial charge in [-0.3, -0.25) is 4.79 Å². The van der Waals surface area contributed by atoms with E-state index in [1.54, 1.807) is 24.3 Å². The third kappa shape index (κ3) is 4.51. The molecule has 5 rings (SSSR count). The highest BCUT2D eigenvalue weighted by molar-refractivity contribution is 7.13. The van der Waals surface area contributed by atoms with Crippen molar-refractivity contribution in [1.29, 1.82) is 0 Å². The molecule has 1 amide bonds. The first-order valence-electron chi connectivity index (χ1n) is 10.7. The number of carbonyl (C=O) groups is 2. The molecule has 9 heteroatoms. The monoisotopic (exact) mass is 475 g/mol. The highest BCUT2D eigenvalue weighted by atomic mass is 32.1. The lowest BCUT2D eigenvalue weighted by Crippen LogP contribution is -2.30. The van der Waals surface area contributed by atoms with Crippen molar-refractivity contribution in [3.05, 3.63) is 77.8 Å². The first-order chi connectivity index (χ1) is 16.6. The number of hydrogen-bond donors (Lipinski definition) is 1. The minimum Gasteiger partial charge on any atom is -0.486 e. The molecule has 0 unspecified atom stereocenters. The number of fused-ring (bicyclic) bond motifs is 1. The van der Waals surface area contributed by atoms with Crippen molar-refractivity contribution in [2.75, 3.05) is 18.5 Å². The number of hydrogen-bond acceptors (Lipinski definition) is 7. The van der Waals surface area contributed by atoms with Gasteiger partial charge in [-0.05, 0) is 42.6 Å². The average Bonchev–Trinajstić information content (AvgIpc) is 3.55. The Hall–Kier alpha value is -4.11. The molecule has 3 heterocycles. The maximum Gasteiger partial charge on any atom is 0.357 e. The summed E-state index contributed by atoms with van der Waals surface area (Å²) >= 11 is 1.52. The van der Waals surface area contributed by atoms with Crippen molar-refractivity contribution in [2.45, 2.75) is 13.0 Å². The van der Waals surface area contributed by atoms with E-state index < -0.39 is 18.0 Å². The minimum absolute atomic E-state index is 0.230. The molecule has 0 bridgehead atoms. The third-order valence-electron chi connectivity index (χ3n) is 5.16. The second-order valence-corrected chi connectivity index (χ2v) is 8.48. The highest BCUT2D eigenvalue weighted by Crippen LogP contribution is 2.32. The molecule has 0 aliphatic carbocycles. The Kier molecular flexibility index (Phi) is 6.01. The molecule has 0 spiro atoms. The lowest BCUT2D eigenvalue weighted by molar-refractivity contribution is -0.123. The van der Waals surface area contributed by atoms with Gasteiger partial charge in [0.2, 0.25) is 0 Å². The van der Waals surface area contributed by atoms with Crippen LogP contribution in [0.2, 0.25) is 0 Å². The van der Waals surface area contributed by atoms with E-state index in [2.05, 4.69) is 10.4 Å². The lowest BCUT2D eigenvalue weighted by Gasteiger charge is -2.19. The maximum atomic E-state index is 13.1. The molecule has 1 aliphatic rings. The van der Waals surface area contributed by atoms with E-state index in [4.69, 9.17) is 14.2 Å². The molecule has 2 aromatic heterocycles. The van der Waals surface area contributed by atoms with Crippen LogP contribution in [0, 0.1) is 0 Å². The van der Waals surface area contributed by atoms with E-state index in [9.17, 15) is 9.59 Å². The van der Waals surface area contributed by atoms with Gasteiger partial charge in [-0.2, -0.15) is 5.10 Å². The zero-order chi connectivity index (χ0) is 23.5. The highest BCUT2D eigenvalue weighted by Gasteiger charge is 2.24. The number of nitrogens with zero attached hydrogens (tertiary/aromatic N) is 2.